The third-order valence-corrected chi connectivity index (χ3v) is 5.60. The van der Waals surface area contributed by atoms with Crippen LogP contribution in [-0.2, 0) is 17.9 Å². The van der Waals surface area contributed by atoms with Crippen LogP contribution in [0.25, 0.3) is 23.0 Å². The summed E-state index contributed by atoms with van der Waals surface area (Å²) in [5, 5.41) is 12.6. The molecule has 0 bridgehead atoms. The van der Waals surface area contributed by atoms with Gasteiger partial charge in [0.2, 0.25) is 5.82 Å². The van der Waals surface area contributed by atoms with Gasteiger partial charge in [0.05, 0.1) is 25.5 Å². The SMILES string of the molecule is CCOc1ccc([C@H]2Cn3nnc(-c4nc(-c5ccccc5Br)no4)c3CO2)cc1. The highest BCUT2D eigenvalue weighted by Gasteiger charge is 2.28. The molecular formula is C21H18BrN5O3. The Labute approximate surface area is 180 Å². The molecule has 152 valence electrons. The number of nitrogens with zero attached hydrogens (tertiary/aromatic N) is 5. The maximum Gasteiger partial charge on any atom is 0.280 e. The Morgan fingerprint density at radius 3 is 2.80 bits per heavy atom. The highest BCUT2D eigenvalue weighted by atomic mass is 79.9. The van der Waals surface area contributed by atoms with Gasteiger partial charge in [-0.05, 0) is 36.8 Å². The summed E-state index contributed by atoms with van der Waals surface area (Å²) in [4.78, 5) is 4.50. The van der Waals surface area contributed by atoms with Crippen LogP contribution < -0.4 is 4.74 Å². The van der Waals surface area contributed by atoms with Gasteiger partial charge >= 0.3 is 0 Å². The third-order valence-electron chi connectivity index (χ3n) is 4.90. The molecule has 4 aromatic rings. The van der Waals surface area contributed by atoms with Crippen molar-refractivity contribution in [2.45, 2.75) is 26.2 Å². The summed E-state index contributed by atoms with van der Waals surface area (Å²) in [6.45, 7) is 3.52. The predicted molar refractivity (Wildman–Crippen MR) is 112 cm³/mol. The number of ether oxygens (including phenoxy) is 2. The third kappa shape index (κ3) is 3.50. The van der Waals surface area contributed by atoms with E-state index in [1.807, 2.05) is 60.1 Å². The average molecular weight is 468 g/mol. The number of aromatic nitrogens is 5. The number of fused-ring (bicyclic) bond motifs is 1. The highest BCUT2D eigenvalue weighted by molar-refractivity contribution is 9.10. The van der Waals surface area contributed by atoms with Crippen molar-refractivity contribution in [2.75, 3.05) is 6.61 Å². The fourth-order valence-electron chi connectivity index (χ4n) is 3.40. The minimum absolute atomic E-state index is 0.110. The van der Waals surface area contributed by atoms with Crippen LogP contribution in [0.2, 0.25) is 0 Å². The summed E-state index contributed by atoms with van der Waals surface area (Å²) in [5.74, 6) is 1.66. The van der Waals surface area contributed by atoms with Crippen molar-refractivity contribution in [2.24, 2.45) is 0 Å². The summed E-state index contributed by atoms with van der Waals surface area (Å²) < 4.78 is 19.8. The topological polar surface area (TPSA) is 88.1 Å². The molecule has 9 heteroatoms. The minimum atomic E-state index is -0.110. The van der Waals surface area contributed by atoms with Crippen molar-refractivity contribution in [1.29, 1.82) is 0 Å². The number of hydrogen-bond donors (Lipinski definition) is 0. The van der Waals surface area contributed by atoms with Gasteiger partial charge in [0.25, 0.3) is 5.89 Å². The molecule has 0 N–H and O–H groups in total. The zero-order valence-corrected chi connectivity index (χ0v) is 17.7. The van der Waals surface area contributed by atoms with Gasteiger partial charge in [-0.3, -0.25) is 0 Å². The van der Waals surface area contributed by atoms with E-state index in [0.717, 1.165) is 27.0 Å². The average Bonchev–Trinajstić information content (AvgIpc) is 3.41. The smallest absolute Gasteiger partial charge is 0.280 e. The summed E-state index contributed by atoms with van der Waals surface area (Å²) in [6, 6.07) is 15.6. The van der Waals surface area contributed by atoms with E-state index >= 15 is 0 Å². The maximum atomic E-state index is 6.08. The van der Waals surface area contributed by atoms with Crippen LogP contribution in [0, 0.1) is 0 Å². The Bertz CT molecular complexity index is 1170. The normalized spacial score (nSPS) is 15.7. The summed E-state index contributed by atoms with van der Waals surface area (Å²) in [6.07, 6.45) is -0.110. The maximum absolute atomic E-state index is 6.08. The van der Waals surface area contributed by atoms with Gasteiger partial charge in [-0.2, -0.15) is 4.98 Å². The lowest BCUT2D eigenvalue weighted by Gasteiger charge is -2.24. The Morgan fingerprint density at radius 2 is 2.00 bits per heavy atom. The Balaban J connectivity index is 1.37. The molecule has 2 aromatic carbocycles. The molecule has 1 aliphatic heterocycles. The van der Waals surface area contributed by atoms with E-state index in [1.165, 1.54) is 0 Å². The van der Waals surface area contributed by atoms with Gasteiger partial charge in [0, 0.05) is 10.0 Å². The molecule has 0 saturated heterocycles. The zero-order valence-electron chi connectivity index (χ0n) is 16.2. The van der Waals surface area contributed by atoms with Crippen LogP contribution in [0.15, 0.2) is 57.5 Å². The standard InChI is InChI=1S/C21H18BrN5O3/c1-2-28-14-9-7-13(8-10-14)18-11-27-17(12-29-18)19(24-26-27)21-23-20(25-30-21)15-5-3-4-6-16(15)22/h3-10,18H,2,11-12H2,1H3/t18-/m1/s1. The van der Waals surface area contributed by atoms with E-state index in [9.17, 15) is 0 Å². The van der Waals surface area contributed by atoms with Crippen molar-refractivity contribution in [1.82, 2.24) is 25.1 Å². The number of rotatable bonds is 5. The molecule has 1 atom stereocenters. The van der Waals surface area contributed by atoms with Crippen LogP contribution in [-0.4, -0.2) is 31.7 Å². The van der Waals surface area contributed by atoms with Crippen LogP contribution >= 0.6 is 15.9 Å². The Hall–Kier alpha value is -3.04. The molecule has 0 fully saturated rings. The first-order valence-corrected chi connectivity index (χ1v) is 10.4. The fourth-order valence-corrected chi connectivity index (χ4v) is 3.86. The van der Waals surface area contributed by atoms with Crippen molar-refractivity contribution in [3.05, 3.63) is 64.3 Å². The molecule has 0 saturated carbocycles. The predicted octanol–water partition coefficient (Wildman–Crippen LogP) is 4.43. The first-order valence-electron chi connectivity index (χ1n) is 9.58. The fraction of sp³-hybridized carbons (Fsp3) is 0.238. The lowest BCUT2D eigenvalue weighted by molar-refractivity contribution is -0.00119. The molecule has 0 amide bonds. The van der Waals surface area contributed by atoms with Gasteiger partial charge < -0.3 is 14.0 Å². The van der Waals surface area contributed by atoms with Crippen molar-refractivity contribution >= 4 is 15.9 Å². The van der Waals surface area contributed by atoms with Crippen LogP contribution in [0.1, 0.15) is 24.3 Å². The minimum Gasteiger partial charge on any atom is -0.494 e. The summed E-state index contributed by atoms with van der Waals surface area (Å²) >= 11 is 3.51. The molecule has 0 aliphatic carbocycles. The Morgan fingerprint density at radius 1 is 1.17 bits per heavy atom. The lowest BCUT2D eigenvalue weighted by atomic mass is 10.1. The van der Waals surface area contributed by atoms with Gasteiger partial charge in [-0.1, -0.05) is 50.6 Å². The van der Waals surface area contributed by atoms with Crippen molar-refractivity contribution in [3.63, 3.8) is 0 Å². The van der Waals surface area contributed by atoms with Crippen molar-refractivity contribution in [3.8, 4) is 28.7 Å². The lowest BCUT2D eigenvalue weighted by Crippen LogP contribution is -2.22. The molecular weight excluding hydrogens is 450 g/mol. The van der Waals surface area contributed by atoms with Crippen LogP contribution in [0.4, 0.5) is 0 Å². The van der Waals surface area contributed by atoms with Crippen LogP contribution in [0.3, 0.4) is 0 Å². The van der Waals surface area contributed by atoms with Crippen LogP contribution in [0.5, 0.6) is 5.75 Å². The molecule has 3 heterocycles. The van der Waals surface area contributed by atoms with Gasteiger partial charge in [-0.25, -0.2) is 4.68 Å². The number of halogens is 1. The van der Waals surface area contributed by atoms with E-state index in [-0.39, 0.29) is 6.10 Å². The van der Waals surface area contributed by atoms with E-state index in [0.29, 0.717) is 37.2 Å². The quantitative estimate of drug-likeness (QED) is 0.428. The van der Waals surface area contributed by atoms with E-state index in [1.54, 1.807) is 0 Å². The molecule has 30 heavy (non-hydrogen) atoms. The second-order valence-electron chi connectivity index (χ2n) is 6.77. The molecule has 2 aromatic heterocycles. The molecule has 1 aliphatic rings. The van der Waals surface area contributed by atoms with E-state index < -0.39 is 0 Å². The van der Waals surface area contributed by atoms with Gasteiger partial charge in [0.1, 0.15) is 11.9 Å². The Kier molecular flexibility index (Phi) is 5.06. The molecule has 0 unspecified atom stereocenters. The first-order chi connectivity index (χ1) is 14.7. The molecule has 0 radical (unpaired) electrons. The molecule has 0 spiro atoms. The van der Waals surface area contributed by atoms with Gasteiger partial charge in [0.15, 0.2) is 5.69 Å². The van der Waals surface area contributed by atoms with Gasteiger partial charge in [-0.15, -0.1) is 5.10 Å². The monoisotopic (exact) mass is 467 g/mol. The highest BCUT2D eigenvalue weighted by Crippen LogP contribution is 2.32. The number of hydrogen-bond acceptors (Lipinski definition) is 7. The molecule has 8 nitrogen and oxygen atoms in total. The van der Waals surface area contributed by atoms with E-state index in [4.69, 9.17) is 14.0 Å². The van der Waals surface area contributed by atoms with Crippen molar-refractivity contribution < 1.29 is 14.0 Å². The second-order valence-corrected chi connectivity index (χ2v) is 7.63. The first kappa shape index (κ1) is 19.0. The summed E-state index contributed by atoms with van der Waals surface area (Å²) in [7, 11) is 0. The number of benzene rings is 2. The second kappa shape index (κ2) is 8.00. The summed E-state index contributed by atoms with van der Waals surface area (Å²) in [5.41, 5.74) is 3.28. The largest absolute Gasteiger partial charge is 0.494 e. The van der Waals surface area contributed by atoms with E-state index in [2.05, 4.69) is 36.4 Å². The molecule has 5 rings (SSSR count). The zero-order chi connectivity index (χ0) is 20.5.